The molecule has 1 rings (SSSR count). The summed E-state index contributed by atoms with van der Waals surface area (Å²) in [4.78, 5) is 11.1. The average Bonchev–Trinajstić information content (AvgIpc) is 2.00. The highest BCUT2D eigenvalue weighted by Crippen LogP contribution is 2.41. The van der Waals surface area contributed by atoms with Crippen LogP contribution >= 0.6 is 57.6 Å². The van der Waals surface area contributed by atoms with Gasteiger partial charge in [0, 0.05) is 3.58 Å². The molecule has 1 atom stereocenters. The second-order valence-corrected chi connectivity index (χ2v) is 5.67. The van der Waals surface area contributed by atoms with Crippen molar-refractivity contribution in [3.05, 3.63) is 19.0 Å². The number of rotatable bonds is 1. The minimum absolute atomic E-state index is 0. The molecule has 0 heterocycles. The lowest BCUT2D eigenvalue weighted by Gasteiger charge is -2.26. The molecule has 1 unspecified atom stereocenters. The quantitative estimate of drug-likeness (QED) is 0.615. The highest BCUT2D eigenvalue weighted by Gasteiger charge is 2.34. The summed E-state index contributed by atoms with van der Waals surface area (Å²) in [7, 11) is 0. The molecule has 14 heavy (non-hydrogen) atoms. The summed E-state index contributed by atoms with van der Waals surface area (Å²) in [6.45, 7) is 1.78. The fraction of sp³-hybridized carbons (Fsp3) is 0.375. The largest absolute Gasteiger partial charge is 0.506 e. The Morgan fingerprint density at radius 1 is 1.64 bits per heavy atom. The summed E-state index contributed by atoms with van der Waals surface area (Å²) in [5, 5.41) is 9.50. The van der Waals surface area contributed by atoms with Crippen molar-refractivity contribution in [3.8, 4) is 0 Å². The van der Waals surface area contributed by atoms with Gasteiger partial charge in [-0.2, -0.15) is 0 Å². The highest BCUT2D eigenvalue weighted by molar-refractivity contribution is 14.1. The Bertz CT molecular complexity index is 327. The molecule has 3 N–H and O–H groups in total. The van der Waals surface area contributed by atoms with Gasteiger partial charge in [0.25, 0.3) is 0 Å². The summed E-state index contributed by atoms with van der Waals surface area (Å²) in [5.41, 5.74) is 4.62. The minimum atomic E-state index is -0.653. The maximum Gasteiger partial charge on any atom is 0.227 e. The first kappa shape index (κ1) is 14.5. The number of allylic oxidation sites excluding steroid dienone is 2. The maximum atomic E-state index is 11.1. The lowest BCUT2D eigenvalue weighted by molar-refractivity contribution is -0.124. The van der Waals surface area contributed by atoms with Gasteiger partial charge in [-0.05, 0) is 58.5 Å². The molecule has 0 fully saturated rings. The lowest BCUT2D eigenvalue weighted by Crippen LogP contribution is -2.34. The predicted molar refractivity (Wildman–Crippen MR) is 74.9 cm³/mol. The number of aliphatic hydroxyl groups excluding tert-OH is 1. The van der Waals surface area contributed by atoms with Crippen molar-refractivity contribution < 1.29 is 9.90 Å². The van der Waals surface area contributed by atoms with Gasteiger partial charge in [-0.3, -0.25) is 4.79 Å². The standard InChI is InChI=1S/C8H9I2NO2.ClH/c1-8(7(11)13)2-4(9)6(12)5(10)3-8;/h2,12H,3H2,1H3,(H2,11,13);1H. The summed E-state index contributed by atoms with van der Waals surface area (Å²) >= 11 is 4.03. The van der Waals surface area contributed by atoms with E-state index >= 15 is 0 Å². The van der Waals surface area contributed by atoms with Crippen molar-refractivity contribution in [2.45, 2.75) is 13.3 Å². The average molecular weight is 441 g/mol. The Hall–Kier alpha value is 0.500. The molecule has 0 bridgehead atoms. The number of amides is 1. The molecule has 0 aromatic rings. The SMILES string of the molecule is CC1(C(N)=O)C=C(I)C(O)=C(I)C1.Cl. The summed E-state index contributed by atoms with van der Waals surface area (Å²) < 4.78 is 1.47. The fourth-order valence-corrected chi connectivity index (χ4v) is 3.70. The summed E-state index contributed by atoms with van der Waals surface area (Å²) in [6.07, 6.45) is 2.20. The Kier molecular flexibility index (Phi) is 5.20. The van der Waals surface area contributed by atoms with E-state index in [2.05, 4.69) is 0 Å². The number of carbonyl (C=O) groups excluding carboxylic acids is 1. The molecular formula is C8H10ClI2NO2. The van der Waals surface area contributed by atoms with Crippen LogP contribution in [0.4, 0.5) is 0 Å². The predicted octanol–water partition coefficient (Wildman–Crippen LogP) is 2.83. The second kappa shape index (κ2) is 5.02. The van der Waals surface area contributed by atoms with Crippen molar-refractivity contribution in [2.24, 2.45) is 11.1 Å². The maximum absolute atomic E-state index is 11.1. The van der Waals surface area contributed by atoms with Crippen LogP contribution in [-0.4, -0.2) is 11.0 Å². The number of nitrogens with two attached hydrogens (primary N) is 1. The van der Waals surface area contributed by atoms with E-state index in [1.165, 1.54) is 0 Å². The monoisotopic (exact) mass is 441 g/mol. The number of hydrogen-bond donors (Lipinski definition) is 2. The molecule has 1 aliphatic rings. The van der Waals surface area contributed by atoms with Gasteiger partial charge < -0.3 is 10.8 Å². The van der Waals surface area contributed by atoms with Crippen molar-refractivity contribution >= 4 is 63.5 Å². The van der Waals surface area contributed by atoms with Crippen molar-refractivity contribution in [1.29, 1.82) is 0 Å². The van der Waals surface area contributed by atoms with Gasteiger partial charge in [-0.15, -0.1) is 12.4 Å². The first-order valence-electron chi connectivity index (χ1n) is 3.63. The number of aliphatic hydroxyl groups is 1. The van der Waals surface area contributed by atoms with E-state index in [0.29, 0.717) is 10.0 Å². The molecule has 0 saturated carbocycles. The molecule has 6 heteroatoms. The van der Waals surface area contributed by atoms with E-state index in [0.717, 1.165) is 3.58 Å². The zero-order chi connectivity index (χ0) is 10.2. The van der Waals surface area contributed by atoms with E-state index < -0.39 is 5.41 Å². The van der Waals surface area contributed by atoms with Crippen LogP contribution in [0.1, 0.15) is 13.3 Å². The number of hydrogen-bond acceptors (Lipinski definition) is 2. The number of halogens is 3. The van der Waals surface area contributed by atoms with Crippen LogP contribution in [-0.2, 0) is 4.79 Å². The lowest BCUT2D eigenvalue weighted by atomic mass is 9.83. The van der Waals surface area contributed by atoms with Crippen molar-refractivity contribution in [2.75, 3.05) is 0 Å². The molecule has 0 radical (unpaired) electrons. The van der Waals surface area contributed by atoms with Crippen LogP contribution in [0.3, 0.4) is 0 Å². The van der Waals surface area contributed by atoms with Crippen LogP contribution in [0.15, 0.2) is 19.0 Å². The minimum Gasteiger partial charge on any atom is -0.506 e. The molecule has 1 amide bonds. The first-order chi connectivity index (χ1) is 5.87. The van der Waals surface area contributed by atoms with E-state index in [4.69, 9.17) is 5.73 Å². The Morgan fingerprint density at radius 3 is 2.50 bits per heavy atom. The molecule has 0 aromatic heterocycles. The first-order valence-corrected chi connectivity index (χ1v) is 5.79. The normalized spacial score (nSPS) is 26.6. The molecule has 1 aliphatic carbocycles. The highest BCUT2D eigenvalue weighted by atomic mass is 127. The van der Waals surface area contributed by atoms with Gasteiger partial charge in [0.05, 0.1) is 8.99 Å². The van der Waals surface area contributed by atoms with E-state index in [1.807, 2.05) is 45.2 Å². The molecule has 0 aromatic carbocycles. The molecular weight excluding hydrogens is 431 g/mol. The van der Waals surface area contributed by atoms with Crippen LogP contribution in [0.5, 0.6) is 0 Å². The smallest absolute Gasteiger partial charge is 0.227 e. The van der Waals surface area contributed by atoms with E-state index in [1.54, 1.807) is 13.0 Å². The van der Waals surface area contributed by atoms with Crippen molar-refractivity contribution in [1.82, 2.24) is 0 Å². The zero-order valence-electron chi connectivity index (χ0n) is 7.38. The molecule has 0 spiro atoms. The van der Waals surface area contributed by atoms with Gasteiger partial charge in [-0.1, -0.05) is 6.08 Å². The van der Waals surface area contributed by atoms with E-state index in [-0.39, 0.29) is 24.1 Å². The van der Waals surface area contributed by atoms with Crippen LogP contribution < -0.4 is 5.73 Å². The Balaban J connectivity index is 0.00000169. The van der Waals surface area contributed by atoms with Crippen LogP contribution in [0, 0.1) is 5.41 Å². The molecule has 0 saturated heterocycles. The van der Waals surface area contributed by atoms with E-state index in [9.17, 15) is 9.90 Å². The number of primary amides is 1. The van der Waals surface area contributed by atoms with Gasteiger partial charge in [-0.25, -0.2) is 0 Å². The van der Waals surface area contributed by atoms with Gasteiger partial charge in [0.15, 0.2) is 0 Å². The topological polar surface area (TPSA) is 63.3 Å². The molecule has 3 nitrogen and oxygen atoms in total. The fourth-order valence-electron chi connectivity index (χ4n) is 1.09. The number of carbonyl (C=O) groups is 1. The zero-order valence-corrected chi connectivity index (χ0v) is 12.5. The Labute approximate surface area is 116 Å². The van der Waals surface area contributed by atoms with Gasteiger partial charge in [0.1, 0.15) is 5.76 Å². The van der Waals surface area contributed by atoms with Crippen LogP contribution in [0.2, 0.25) is 0 Å². The second-order valence-electron chi connectivity index (χ2n) is 3.20. The third-order valence-corrected chi connectivity index (χ3v) is 3.73. The van der Waals surface area contributed by atoms with Gasteiger partial charge >= 0.3 is 0 Å². The summed E-state index contributed by atoms with van der Waals surface area (Å²) in [5.74, 6) is -0.0942. The molecule has 0 aliphatic heterocycles. The van der Waals surface area contributed by atoms with Gasteiger partial charge in [0.2, 0.25) is 5.91 Å². The third kappa shape index (κ3) is 2.75. The third-order valence-electron chi connectivity index (χ3n) is 2.01. The Morgan fingerprint density at radius 2 is 2.14 bits per heavy atom. The van der Waals surface area contributed by atoms with Crippen LogP contribution in [0.25, 0.3) is 0 Å². The molecule has 80 valence electrons. The summed E-state index contributed by atoms with van der Waals surface area (Å²) in [6, 6.07) is 0. The van der Waals surface area contributed by atoms with Crippen molar-refractivity contribution in [3.63, 3.8) is 0 Å².